The average Bonchev–Trinajstić information content (AvgIpc) is 2.31. The molecule has 0 bridgehead atoms. The second-order valence-electron chi connectivity index (χ2n) is 5.01. The van der Waals surface area contributed by atoms with Crippen LogP contribution < -0.4 is 10.5 Å². The van der Waals surface area contributed by atoms with Crippen molar-refractivity contribution in [2.24, 2.45) is 5.73 Å². The zero-order valence-electron chi connectivity index (χ0n) is 11.4. The number of benzene rings is 1. The molecule has 1 atom stereocenters. The minimum absolute atomic E-state index is 0.00466. The molecule has 1 aromatic rings. The lowest BCUT2D eigenvalue weighted by atomic mass is 9.97. The van der Waals surface area contributed by atoms with Gasteiger partial charge in [-0.05, 0) is 40.1 Å². The molecule has 0 aliphatic carbocycles. The molecule has 0 aliphatic heterocycles. The zero-order chi connectivity index (χ0) is 12.9. The van der Waals surface area contributed by atoms with E-state index in [2.05, 4.69) is 45.0 Å². The summed E-state index contributed by atoms with van der Waals surface area (Å²) in [5.74, 6) is 0.925. The monoisotopic (exact) mass is 236 g/mol. The van der Waals surface area contributed by atoms with Crippen molar-refractivity contribution in [1.82, 2.24) is 4.90 Å². The second-order valence-corrected chi connectivity index (χ2v) is 5.01. The fraction of sp³-hybridized carbons (Fsp3) is 0.571. The number of hydrogen-bond donors (Lipinski definition) is 1. The Kier molecular flexibility index (Phi) is 4.97. The van der Waals surface area contributed by atoms with Crippen LogP contribution in [0.25, 0.3) is 0 Å². The highest BCUT2D eigenvalue weighted by Crippen LogP contribution is 2.17. The van der Waals surface area contributed by atoms with Gasteiger partial charge >= 0.3 is 0 Å². The van der Waals surface area contributed by atoms with Crippen LogP contribution in [0, 0.1) is 6.92 Å². The van der Waals surface area contributed by atoms with Crippen LogP contribution in [0.15, 0.2) is 24.3 Å². The molecule has 3 nitrogen and oxygen atoms in total. The number of hydrogen-bond acceptors (Lipinski definition) is 3. The lowest BCUT2D eigenvalue weighted by Gasteiger charge is -2.35. The predicted molar refractivity (Wildman–Crippen MR) is 72.4 cm³/mol. The van der Waals surface area contributed by atoms with Crippen molar-refractivity contribution in [3.8, 4) is 5.75 Å². The number of nitrogens with zero attached hydrogens (tertiary/aromatic N) is 1. The lowest BCUT2D eigenvalue weighted by molar-refractivity contribution is 0.139. The van der Waals surface area contributed by atoms with Gasteiger partial charge in [-0.2, -0.15) is 0 Å². The zero-order valence-corrected chi connectivity index (χ0v) is 11.4. The van der Waals surface area contributed by atoms with E-state index >= 15 is 0 Å². The van der Waals surface area contributed by atoms with Gasteiger partial charge in [0.05, 0.1) is 6.61 Å². The van der Waals surface area contributed by atoms with Crippen LogP contribution in [-0.2, 0) is 0 Å². The quantitative estimate of drug-likeness (QED) is 0.821. The normalized spacial score (nSPS) is 14.7. The van der Waals surface area contributed by atoms with Gasteiger partial charge in [-0.3, -0.25) is 0 Å². The minimum Gasteiger partial charge on any atom is -0.494 e. The SMILES string of the molecule is Cc1ccc(OCCC(C)(CN)N(C)C)cc1. The Bertz CT molecular complexity index is 335. The molecule has 1 unspecified atom stereocenters. The molecule has 0 saturated heterocycles. The van der Waals surface area contributed by atoms with Crippen LogP contribution in [0.3, 0.4) is 0 Å². The molecular formula is C14H24N2O. The van der Waals surface area contributed by atoms with Crippen LogP contribution in [0.5, 0.6) is 5.75 Å². The van der Waals surface area contributed by atoms with Gasteiger partial charge in [-0.1, -0.05) is 17.7 Å². The largest absolute Gasteiger partial charge is 0.494 e. The highest BCUT2D eigenvalue weighted by molar-refractivity contribution is 5.26. The van der Waals surface area contributed by atoms with Crippen molar-refractivity contribution in [3.63, 3.8) is 0 Å². The van der Waals surface area contributed by atoms with Gasteiger partial charge in [0.15, 0.2) is 0 Å². The first-order valence-corrected chi connectivity index (χ1v) is 6.05. The van der Waals surface area contributed by atoms with Crippen molar-refractivity contribution < 1.29 is 4.74 Å². The third-order valence-electron chi connectivity index (χ3n) is 3.45. The van der Waals surface area contributed by atoms with E-state index in [1.807, 2.05) is 12.1 Å². The smallest absolute Gasteiger partial charge is 0.119 e. The van der Waals surface area contributed by atoms with Gasteiger partial charge in [-0.25, -0.2) is 0 Å². The van der Waals surface area contributed by atoms with Gasteiger partial charge in [0, 0.05) is 18.5 Å². The third kappa shape index (κ3) is 4.02. The maximum Gasteiger partial charge on any atom is 0.119 e. The maximum absolute atomic E-state index is 5.81. The van der Waals surface area contributed by atoms with Gasteiger partial charge in [0.1, 0.15) is 5.75 Å². The van der Waals surface area contributed by atoms with Crippen molar-refractivity contribution in [2.75, 3.05) is 27.2 Å². The minimum atomic E-state index is 0.00466. The number of ether oxygens (including phenoxy) is 1. The molecule has 0 heterocycles. The summed E-state index contributed by atoms with van der Waals surface area (Å²) in [5, 5.41) is 0. The summed E-state index contributed by atoms with van der Waals surface area (Å²) in [6.07, 6.45) is 0.921. The first kappa shape index (κ1) is 14.0. The summed E-state index contributed by atoms with van der Waals surface area (Å²) < 4.78 is 5.73. The van der Waals surface area contributed by atoms with Gasteiger partial charge in [0.25, 0.3) is 0 Å². The van der Waals surface area contributed by atoms with Crippen LogP contribution in [0.2, 0.25) is 0 Å². The van der Waals surface area contributed by atoms with Crippen molar-refractivity contribution in [1.29, 1.82) is 0 Å². The molecule has 0 aromatic heterocycles. The standard InChI is InChI=1S/C14H24N2O/c1-12-5-7-13(8-6-12)17-10-9-14(2,11-15)16(3)4/h5-8H,9-11,15H2,1-4H3. The summed E-state index contributed by atoms with van der Waals surface area (Å²) in [5.41, 5.74) is 7.06. The van der Waals surface area contributed by atoms with Gasteiger partial charge in [0.2, 0.25) is 0 Å². The van der Waals surface area contributed by atoms with Gasteiger partial charge < -0.3 is 15.4 Å². The molecule has 1 aromatic carbocycles. The van der Waals surface area contributed by atoms with E-state index in [0.29, 0.717) is 13.2 Å². The van der Waals surface area contributed by atoms with E-state index in [1.165, 1.54) is 5.56 Å². The van der Waals surface area contributed by atoms with Crippen molar-refractivity contribution in [3.05, 3.63) is 29.8 Å². The number of rotatable bonds is 6. The molecule has 0 spiro atoms. The summed E-state index contributed by atoms with van der Waals surface area (Å²) in [6, 6.07) is 8.13. The average molecular weight is 236 g/mol. The Morgan fingerprint density at radius 3 is 2.29 bits per heavy atom. The molecule has 0 radical (unpaired) electrons. The van der Waals surface area contributed by atoms with Gasteiger partial charge in [-0.15, -0.1) is 0 Å². The molecule has 3 heteroatoms. The fourth-order valence-corrected chi connectivity index (χ4v) is 1.53. The molecule has 1 rings (SSSR count). The van der Waals surface area contributed by atoms with E-state index in [9.17, 15) is 0 Å². The third-order valence-corrected chi connectivity index (χ3v) is 3.45. The summed E-state index contributed by atoms with van der Waals surface area (Å²) in [6.45, 7) is 5.55. The molecule has 17 heavy (non-hydrogen) atoms. The Hall–Kier alpha value is -1.06. The topological polar surface area (TPSA) is 38.5 Å². The fourth-order valence-electron chi connectivity index (χ4n) is 1.53. The van der Waals surface area contributed by atoms with E-state index < -0.39 is 0 Å². The lowest BCUT2D eigenvalue weighted by Crippen LogP contribution is -2.48. The van der Waals surface area contributed by atoms with E-state index in [-0.39, 0.29) is 5.54 Å². The van der Waals surface area contributed by atoms with Crippen LogP contribution in [0.4, 0.5) is 0 Å². The van der Waals surface area contributed by atoms with Crippen molar-refractivity contribution >= 4 is 0 Å². The molecule has 0 amide bonds. The number of likely N-dealkylation sites (N-methyl/N-ethyl adjacent to an activating group) is 1. The first-order chi connectivity index (χ1) is 7.98. The Morgan fingerprint density at radius 2 is 1.82 bits per heavy atom. The predicted octanol–water partition coefficient (Wildman–Crippen LogP) is 2.04. The highest BCUT2D eigenvalue weighted by atomic mass is 16.5. The van der Waals surface area contributed by atoms with E-state index in [1.54, 1.807) is 0 Å². The van der Waals surface area contributed by atoms with Crippen molar-refractivity contribution in [2.45, 2.75) is 25.8 Å². The van der Waals surface area contributed by atoms with Crippen LogP contribution in [-0.4, -0.2) is 37.7 Å². The number of nitrogens with two attached hydrogens (primary N) is 1. The van der Waals surface area contributed by atoms with Crippen LogP contribution >= 0.6 is 0 Å². The molecule has 2 N–H and O–H groups in total. The molecule has 0 aliphatic rings. The Balaban J connectivity index is 2.44. The Morgan fingerprint density at radius 1 is 1.24 bits per heavy atom. The Labute approximate surface area is 105 Å². The molecule has 96 valence electrons. The number of aryl methyl sites for hydroxylation is 1. The first-order valence-electron chi connectivity index (χ1n) is 6.05. The summed E-state index contributed by atoms with van der Waals surface area (Å²) >= 11 is 0. The molecule has 0 fully saturated rings. The van der Waals surface area contributed by atoms with Crippen LogP contribution in [0.1, 0.15) is 18.9 Å². The van der Waals surface area contributed by atoms with E-state index in [0.717, 1.165) is 12.2 Å². The molecule has 0 saturated carbocycles. The summed E-state index contributed by atoms with van der Waals surface area (Å²) in [4.78, 5) is 2.16. The van der Waals surface area contributed by atoms with E-state index in [4.69, 9.17) is 10.5 Å². The second kappa shape index (κ2) is 6.03. The maximum atomic E-state index is 5.81. The molecular weight excluding hydrogens is 212 g/mol. The summed E-state index contributed by atoms with van der Waals surface area (Å²) in [7, 11) is 4.11. The highest BCUT2D eigenvalue weighted by Gasteiger charge is 2.24.